The van der Waals surface area contributed by atoms with Gasteiger partial charge in [-0.05, 0) is 43.0 Å². The number of hydrogen-bond donors (Lipinski definition) is 1. The number of rotatable bonds is 2. The van der Waals surface area contributed by atoms with Crippen LogP contribution in [0, 0.1) is 0 Å². The minimum Gasteiger partial charge on any atom is -0.490 e. The molecule has 2 rings (SSSR count). The second-order valence-corrected chi connectivity index (χ2v) is 5.81. The summed E-state index contributed by atoms with van der Waals surface area (Å²) in [5, 5.41) is 3.37. The van der Waals surface area contributed by atoms with Crippen LogP contribution in [0.2, 0.25) is 0 Å². The molecule has 1 aromatic rings. The van der Waals surface area contributed by atoms with E-state index in [0.29, 0.717) is 6.10 Å². The summed E-state index contributed by atoms with van der Waals surface area (Å²) in [6, 6.07) is 8.43. The number of para-hydroxylation sites is 1. The van der Waals surface area contributed by atoms with Gasteiger partial charge in [-0.25, -0.2) is 0 Å². The Bertz CT molecular complexity index is 361. The number of ether oxygens (including phenoxy) is 1. The van der Waals surface area contributed by atoms with E-state index in [0.717, 1.165) is 31.7 Å². The highest BCUT2D eigenvalue weighted by atomic mass is 16.5. The van der Waals surface area contributed by atoms with E-state index < -0.39 is 0 Å². The Labute approximate surface area is 104 Å². The fraction of sp³-hybridized carbons (Fsp3) is 0.600. The molecular formula is C15H23NO. The molecule has 94 valence electrons. The van der Waals surface area contributed by atoms with Gasteiger partial charge in [-0.3, -0.25) is 0 Å². The van der Waals surface area contributed by atoms with Gasteiger partial charge in [0.15, 0.2) is 0 Å². The predicted molar refractivity (Wildman–Crippen MR) is 71.7 cm³/mol. The molecule has 0 radical (unpaired) electrons. The maximum Gasteiger partial charge on any atom is 0.123 e. The highest BCUT2D eigenvalue weighted by Gasteiger charge is 2.21. The summed E-state index contributed by atoms with van der Waals surface area (Å²) in [5.74, 6) is 1.06. The Morgan fingerprint density at radius 2 is 1.76 bits per heavy atom. The van der Waals surface area contributed by atoms with E-state index in [4.69, 9.17) is 4.74 Å². The van der Waals surface area contributed by atoms with Gasteiger partial charge in [-0.1, -0.05) is 39.0 Å². The first-order valence-electron chi connectivity index (χ1n) is 6.54. The summed E-state index contributed by atoms with van der Waals surface area (Å²) in [6.07, 6.45) is 2.59. The van der Waals surface area contributed by atoms with E-state index in [1.54, 1.807) is 0 Å². The molecule has 0 aromatic heterocycles. The molecular weight excluding hydrogens is 210 g/mol. The van der Waals surface area contributed by atoms with E-state index in [9.17, 15) is 0 Å². The number of benzene rings is 1. The first-order chi connectivity index (χ1) is 8.07. The lowest BCUT2D eigenvalue weighted by molar-refractivity contribution is 0.159. The molecule has 0 aliphatic carbocycles. The predicted octanol–water partition coefficient (Wildman–Crippen LogP) is 3.11. The van der Waals surface area contributed by atoms with Crippen molar-refractivity contribution in [1.29, 1.82) is 0 Å². The van der Waals surface area contributed by atoms with Gasteiger partial charge in [0.1, 0.15) is 11.9 Å². The van der Waals surface area contributed by atoms with Crippen molar-refractivity contribution >= 4 is 0 Å². The van der Waals surface area contributed by atoms with Gasteiger partial charge in [0.25, 0.3) is 0 Å². The second kappa shape index (κ2) is 5.09. The minimum atomic E-state index is 0.142. The van der Waals surface area contributed by atoms with Gasteiger partial charge in [0.05, 0.1) is 0 Å². The highest BCUT2D eigenvalue weighted by Crippen LogP contribution is 2.32. The molecule has 1 aliphatic rings. The molecule has 0 amide bonds. The Balaban J connectivity index is 2.14. The fourth-order valence-electron chi connectivity index (χ4n) is 2.28. The van der Waals surface area contributed by atoms with Gasteiger partial charge in [-0.2, -0.15) is 0 Å². The van der Waals surface area contributed by atoms with Crippen LogP contribution in [-0.4, -0.2) is 19.2 Å². The summed E-state index contributed by atoms with van der Waals surface area (Å²) in [6.45, 7) is 8.84. The summed E-state index contributed by atoms with van der Waals surface area (Å²) < 4.78 is 6.17. The van der Waals surface area contributed by atoms with Crippen LogP contribution < -0.4 is 10.1 Å². The molecule has 0 spiro atoms. The van der Waals surface area contributed by atoms with Gasteiger partial charge in [0, 0.05) is 0 Å². The lowest BCUT2D eigenvalue weighted by Crippen LogP contribution is -2.34. The molecule has 1 heterocycles. The van der Waals surface area contributed by atoms with Crippen molar-refractivity contribution in [3.8, 4) is 5.75 Å². The molecule has 0 bridgehead atoms. The van der Waals surface area contributed by atoms with Crippen LogP contribution in [0.15, 0.2) is 24.3 Å². The monoisotopic (exact) mass is 233 g/mol. The van der Waals surface area contributed by atoms with Gasteiger partial charge in [0.2, 0.25) is 0 Å². The lowest BCUT2D eigenvalue weighted by Gasteiger charge is -2.28. The van der Waals surface area contributed by atoms with Crippen molar-refractivity contribution < 1.29 is 4.74 Å². The van der Waals surface area contributed by atoms with Gasteiger partial charge >= 0.3 is 0 Å². The molecule has 0 atom stereocenters. The smallest absolute Gasteiger partial charge is 0.123 e. The first kappa shape index (κ1) is 12.4. The Kier molecular flexibility index (Phi) is 3.72. The van der Waals surface area contributed by atoms with Crippen LogP contribution in [0.3, 0.4) is 0 Å². The summed E-state index contributed by atoms with van der Waals surface area (Å²) in [4.78, 5) is 0. The van der Waals surface area contributed by atoms with Crippen LogP contribution in [0.5, 0.6) is 5.75 Å². The molecule has 0 saturated carbocycles. The number of piperidine rings is 1. The molecule has 1 aliphatic heterocycles. The molecule has 1 aromatic carbocycles. The zero-order chi connectivity index (χ0) is 12.3. The first-order valence-corrected chi connectivity index (χ1v) is 6.54. The number of hydrogen-bond acceptors (Lipinski definition) is 2. The second-order valence-electron chi connectivity index (χ2n) is 5.81. The Morgan fingerprint density at radius 3 is 2.41 bits per heavy atom. The van der Waals surface area contributed by atoms with E-state index in [1.165, 1.54) is 5.56 Å². The summed E-state index contributed by atoms with van der Waals surface area (Å²) in [7, 11) is 0. The van der Waals surface area contributed by atoms with Crippen molar-refractivity contribution in [2.45, 2.75) is 45.1 Å². The normalized spacial score (nSPS) is 18.1. The lowest BCUT2D eigenvalue weighted by atomic mass is 9.86. The summed E-state index contributed by atoms with van der Waals surface area (Å²) >= 11 is 0. The van der Waals surface area contributed by atoms with Crippen LogP contribution >= 0.6 is 0 Å². The number of nitrogens with one attached hydrogen (secondary N) is 1. The van der Waals surface area contributed by atoms with Crippen LogP contribution in [0.1, 0.15) is 39.2 Å². The van der Waals surface area contributed by atoms with Gasteiger partial charge in [-0.15, -0.1) is 0 Å². The molecule has 1 N–H and O–H groups in total. The van der Waals surface area contributed by atoms with Crippen LogP contribution in [-0.2, 0) is 5.41 Å². The standard InChI is InChI=1S/C15H23NO/c1-15(2,3)13-6-4-5-7-14(13)17-12-8-10-16-11-9-12/h4-7,12,16H,8-11H2,1-3H3. The molecule has 2 nitrogen and oxygen atoms in total. The van der Waals surface area contributed by atoms with E-state index in [-0.39, 0.29) is 5.41 Å². The highest BCUT2D eigenvalue weighted by molar-refractivity contribution is 5.38. The quantitative estimate of drug-likeness (QED) is 0.847. The van der Waals surface area contributed by atoms with Crippen molar-refractivity contribution in [3.05, 3.63) is 29.8 Å². The average molecular weight is 233 g/mol. The van der Waals surface area contributed by atoms with Crippen molar-refractivity contribution in [2.75, 3.05) is 13.1 Å². The molecule has 1 fully saturated rings. The fourth-order valence-corrected chi connectivity index (χ4v) is 2.28. The topological polar surface area (TPSA) is 21.3 Å². The maximum atomic E-state index is 6.17. The van der Waals surface area contributed by atoms with Crippen molar-refractivity contribution in [2.24, 2.45) is 0 Å². The third kappa shape index (κ3) is 3.22. The molecule has 0 unspecified atom stereocenters. The maximum absolute atomic E-state index is 6.17. The zero-order valence-electron chi connectivity index (χ0n) is 11.1. The minimum absolute atomic E-state index is 0.142. The zero-order valence-corrected chi connectivity index (χ0v) is 11.1. The van der Waals surface area contributed by atoms with E-state index in [1.807, 2.05) is 0 Å². The summed E-state index contributed by atoms with van der Waals surface area (Å²) in [5.41, 5.74) is 1.45. The Morgan fingerprint density at radius 1 is 1.12 bits per heavy atom. The third-order valence-electron chi connectivity index (χ3n) is 3.27. The SMILES string of the molecule is CC(C)(C)c1ccccc1OC1CCNCC1. The molecule has 17 heavy (non-hydrogen) atoms. The molecule has 2 heteroatoms. The Hall–Kier alpha value is -1.02. The van der Waals surface area contributed by atoms with E-state index >= 15 is 0 Å². The third-order valence-corrected chi connectivity index (χ3v) is 3.27. The largest absolute Gasteiger partial charge is 0.490 e. The van der Waals surface area contributed by atoms with Crippen LogP contribution in [0.4, 0.5) is 0 Å². The average Bonchev–Trinajstić information content (AvgIpc) is 2.30. The van der Waals surface area contributed by atoms with E-state index in [2.05, 4.69) is 50.4 Å². The van der Waals surface area contributed by atoms with Gasteiger partial charge < -0.3 is 10.1 Å². The van der Waals surface area contributed by atoms with Crippen molar-refractivity contribution in [1.82, 2.24) is 5.32 Å². The van der Waals surface area contributed by atoms with Crippen molar-refractivity contribution in [3.63, 3.8) is 0 Å². The molecule has 1 saturated heterocycles. The van der Waals surface area contributed by atoms with Crippen LogP contribution in [0.25, 0.3) is 0 Å².